The third kappa shape index (κ3) is 4.11. The summed E-state index contributed by atoms with van der Waals surface area (Å²) in [6.07, 6.45) is 1.94. The normalized spacial score (nSPS) is 11.4. The highest BCUT2D eigenvalue weighted by molar-refractivity contribution is 5.63. The molecule has 0 aliphatic carbocycles. The first kappa shape index (κ1) is 18.7. The minimum atomic E-state index is -4.49. The van der Waals surface area contributed by atoms with E-state index < -0.39 is 11.7 Å². The average molecular weight is 395 g/mol. The monoisotopic (exact) mass is 395 g/mol. The summed E-state index contributed by atoms with van der Waals surface area (Å²) in [5.74, 6) is -0.215. The smallest absolute Gasteiger partial charge is 0.365 e. The molecular formula is C21H16F3N5. The van der Waals surface area contributed by atoms with Crippen LogP contribution < -0.4 is 5.32 Å². The van der Waals surface area contributed by atoms with E-state index in [0.717, 1.165) is 22.9 Å². The van der Waals surface area contributed by atoms with Gasteiger partial charge in [-0.25, -0.2) is 9.67 Å². The van der Waals surface area contributed by atoms with E-state index in [9.17, 15) is 13.2 Å². The van der Waals surface area contributed by atoms with Crippen molar-refractivity contribution in [2.45, 2.75) is 12.7 Å². The second-order valence-electron chi connectivity index (χ2n) is 6.27. The molecule has 0 atom stereocenters. The molecule has 146 valence electrons. The molecule has 0 bridgehead atoms. The lowest BCUT2D eigenvalue weighted by molar-refractivity contribution is -0.137. The lowest BCUT2D eigenvalue weighted by atomic mass is 10.1. The maximum atomic E-state index is 13.2. The van der Waals surface area contributed by atoms with Crippen LogP contribution in [0.25, 0.3) is 16.9 Å². The van der Waals surface area contributed by atoms with E-state index in [2.05, 4.69) is 20.4 Å². The number of hydrogen-bond donors (Lipinski definition) is 1. The highest BCUT2D eigenvalue weighted by atomic mass is 19.4. The van der Waals surface area contributed by atoms with Crippen molar-refractivity contribution in [3.63, 3.8) is 0 Å². The van der Waals surface area contributed by atoms with E-state index in [1.54, 1.807) is 23.3 Å². The summed E-state index contributed by atoms with van der Waals surface area (Å²) in [4.78, 5) is 7.87. The molecule has 8 heteroatoms. The number of rotatable bonds is 5. The Bertz CT molecular complexity index is 1090. The van der Waals surface area contributed by atoms with Gasteiger partial charge in [-0.15, -0.1) is 0 Å². The van der Waals surface area contributed by atoms with Gasteiger partial charge in [0.2, 0.25) is 0 Å². The van der Waals surface area contributed by atoms with Crippen LogP contribution >= 0.6 is 0 Å². The van der Waals surface area contributed by atoms with E-state index in [-0.39, 0.29) is 12.4 Å². The SMILES string of the molecule is FC(F)(F)c1cccnc1NCc1cn(-c2ccccc2)nc1-c1ccncc1. The van der Waals surface area contributed by atoms with Crippen molar-refractivity contribution >= 4 is 5.82 Å². The third-order valence-electron chi connectivity index (χ3n) is 4.32. The van der Waals surface area contributed by atoms with Crippen LogP contribution in [0.2, 0.25) is 0 Å². The zero-order valence-corrected chi connectivity index (χ0v) is 15.1. The summed E-state index contributed by atoms with van der Waals surface area (Å²) in [5.41, 5.74) is 2.26. The van der Waals surface area contributed by atoms with Gasteiger partial charge >= 0.3 is 6.18 Å². The number of pyridine rings is 2. The number of para-hydroxylation sites is 1. The van der Waals surface area contributed by atoms with Crippen LogP contribution in [0.5, 0.6) is 0 Å². The number of anilines is 1. The van der Waals surface area contributed by atoms with E-state index in [4.69, 9.17) is 0 Å². The maximum absolute atomic E-state index is 13.2. The van der Waals surface area contributed by atoms with Gasteiger partial charge in [-0.05, 0) is 36.4 Å². The van der Waals surface area contributed by atoms with Crippen molar-refractivity contribution in [3.8, 4) is 16.9 Å². The number of nitrogens with zero attached hydrogens (tertiary/aromatic N) is 4. The van der Waals surface area contributed by atoms with Crippen LogP contribution in [0.4, 0.5) is 19.0 Å². The third-order valence-corrected chi connectivity index (χ3v) is 4.32. The number of halogens is 3. The van der Waals surface area contributed by atoms with Crippen molar-refractivity contribution < 1.29 is 13.2 Å². The fourth-order valence-corrected chi connectivity index (χ4v) is 2.96. The lowest BCUT2D eigenvalue weighted by Crippen LogP contribution is -2.12. The molecule has 3 aromatic heterocycles. The molecule has 5 nitrogen and oxygen atoms in total. The van der Waals surface area contributed by atoms with Crippen molar-refractivity contribution in [1.82, 2.24) is 19.7 Å². The summed E-state index contributed by atoms with van der Waals surface area (Å²) in [6, 6.07) is 15.4. The summed E-state index contributed by atoms with van der Waals surface area (Å²) in [7, 11) is 0. The maximum Gasteiger partial charge on any atom is 0.419 e. The molecule has 1 aromatic carbocycles. The molecule has 0 aliphatic rings. The first-order valence-electron chi connectivity index (χ1n) is 8.83. The van der Waals surface area contributed by atoms with Crippen LogP contribution in [0.15, 0.2) is 79.4 Å². The molecule has 0 unspecified atom stereocenters. The number of nitrogens with one attached hydrogen (secondary N) is 1. The average Bonchev–Trinajstić information content (AvgIpc) is 3.17. The summed E-state index contributed by atoms with van der Waals surface area (Å²) in [6.45, 7) is 0.130. The molecule has 0 fully saturated rings. The minimum Gasteiger partial charge on any atom is -0.365 e. The molecule has 3 heterocycles. The molecule has 0 saturated carbocycles. The van der Waals surface area contributed by atoms with Crippen LogP contribution in [0.1, 0.15) is 11.1 Å². The van der Waals surface area contributed by atoms with E-state index in [1.807, 2.05) is 42.5 Å². The zero-order valence-electron chi connectivity index (χ0n) is 15.1. The fraction of sp³-hybridized carbons (Fsp3) is 0.0952. The Morgan fingerprint density at radius 2 is 1.66 bits per heavy atom. The Morgan fingerprint density at radius 1 is 0.897 bits per heavy atom. The predicted molar refractivity (Wildman–Crippen MR) is 103 cm³/mol. The van der Waals surface area contributed by atoms with Crippen molar-refractivity contribution in [2.24, 2.45) is 0 Å². The van der Waals surface area contributed by atoms with Gasteiger partial charge in [-0.2, -0.15) is 18.3 Å². The molecule has 1 N–H and O–H groups in total. The van der Waals surface area contributed by atoms with Crippen molar-refractivity contribution in [2.75, 3.05) is 5.32 Å². The van der Waals surface area contributed by atoms with Gasteiger partial charge in [0.05, 0.1) is 16.9 Å². The van der Waals surface area contributed by atoms with Gasteiger partial charge in [0.15, 0.2) is 0 Å². The van der Waals surface area contributed by atoms with Crippen LogP contribution in [-0.4, -0.2) is 19.7 Å². The highest BCUT2D eigenvalue weighted by Crippen LogP contribution is 2.34. The Hall–Kier alpha value is -3.68. The van der Waals surface area contributed by atoms with Crippen LogP contribution in [-0.2, 0) is 12.7 Å². The molecule has 0 spiro atoms. The lowest BCUT2D eigenvalue weighted by Gasteiger charge is -2.13. The number of hydrogen-bond acceptors (Lipinski definition) is 4. The Labute approximate surface area is 164 Å². The van der Waals surface area contributed by atoms with Gasteiger partial charge in [0.1, 0.15) is 5.82 Å². The summed E-state index contributed by atoms with van der Waals surface area (Å²) < 4.78 is 41.4. The first-order chi connectivity index (χ1) is 14.0. The summed E-state index contributed by atoms with van der Waals surface area (Å²) >= 11 is 0. The van der Waals surface area contributed by atoms with Crippen LogP contribution in [0.3, 0.4) is 0 Å². The molecule has 4 aromatic rings. The fourth-order valence-electron chi connectivity index (χ4n) is 2.96. The first-order valence-corrected chi connectivity index (χ1v) is 8.83. The molecular weight excluding hydrogens is 379 g/mol. The molecule has 0 saturated heterocycles. The second kappa shape index (κ2) is 7.75. The zero-order chi connectivity index (χ0) is 20.3. The predicted octanol–water partition coefficient (Wildman–Crippen LogP) is 4.96. The number of aromatic nitrogens is 4. The number of benzene rings is 1. The second-order valence-corrected chi connectivity index (χ2v) is 6.27. The van der Waals surface area contributed by atoms with Gasteiger partial charge < -0.3 is 5.32 Å². The van der Waals surface area contributed by atoms with E-state index >= 15 is 0 Å². The Kier molecular flexibility index (Phi) is 4.99. The van der Waals surface area contributed by atoms with Gasteiger partial charge in [-0.3, -0.25) is 4.98 Å². The molecule has 0 aliphatic heterocycles. The topological polar surface area (TPSA) is 55.6 Å². The Morgan fingerprint density at radius 3 is 2.38 bits per heavy atom. The molecule has 0 radical (unpaired) electrons. The van der Waals surface area contributed by atoms with Gasteiger partial charge in [-0.1, -0.05) is 18.2 Å². The standard InChI is InChI=1S/C21H16F3N5/c22-21(23,24)18-7-4-10-26-20(18)27-13-16-14-29(17-5-2-1-3-6-17)28-19(16)15-8-11-25-12-9-15/h1-12,14H,13H2,(H,26,27). The largest absolute Gasteiger partial charge is 0.419 e. The quantitative estimate of drug-likeness (QED) is 0.519. The molecule has 4 rings (SSSR count). The van der Waals surface area contributed by atoms with Crippen molar-refractivity contribution in [3.05, 3.63) is 90.5 Å². The molecule has 29 heavy (non-hydrogen) atoms. The number of alkyl halides is 3. The Balaban J connectivity index is 1.69. The highest BCUT2D eigenvalue weighted by Gasteiger charge is 2.34. The van der Waals surface area contributed by atoms with Gasteiger partial charge in [0, 0.05) is 42.5 Å². The summed E-state index contributed by atoms with van der Waals surface area (Å²) in [5, 5.41) is 7.45. The minimum absolute atomic E-state index is 0.130. The van der Waals surface area contributed by atoms with E-state index in [0.29, 0.717) is 5.69 Å². The van der Waals surface area contributed by atoms with E-state index in [1.165, 1.54) is 12.3 Å². The van der Waals surface area contributed by atoms with Crippen LogP contribution in [0, 0.1) is 0 Å². The van der Waals surface area contributed by atoms with Crippen molar-refractivity contribution in [1.29, 1.82) is 0 Å². The van der Waals surface area contributed by atoms with Gasteiger partial charge in [0.25, 0.3) is 0 Å². The molecule has 0 amide bonds.